The van der Waals surface area contributed by atoms with Crippen molar-refractivity contribution in [1.29, 1.82) is 0 Å². The van der Waals surface area contributed by atoms with E-state index < -0.39 is 15.8 Å². The van der Waals surface area contributed by atoms with E-state index in [2.05, 4.69) is 10.0 Å². The minimum absolute atomic E-state index is 0. The Hall–Kier alpha value is -2.16. The highest BCUT2D eigenvalue weighted by atomic mass is 35.5. The van der Waals surface area contributed by atoms with Crippen LogP contribution in [0.15, 0.2) is 53.4 Å². The Morgan fingerprint density at radius 3 is 2.26 bits per heavy atom. The van der Waals surface area contributed by atoms with Crippen LogP contribution in [0.5, 0.6) is 0 Å². The van der Waals surface area contributed by atoms with Gasteiger partial charge in [-0.15, -0.1) is 12.4 Å². The predicted octanol–water partition coefficient (Wildman–Crippen LogP) is 2.44. The van der Waals surface area contributed by atoms with Crippen molar-refractivity contribution < 1.29 is 17.6 Å². The quantitative estimate of drug-likeness (QED) is 0.616. The van der Waals surface area contributed by atoms with Gasteiger partial charge in [-0.3, -0.25) is 9.52 Å². The topological polar surface area (TPSA) is 101 Å². The van der Waals surface area contributed by atoms with Gasteiger partial charge in [0, 0.05) is 18.3 Å². The first-order valence-corrected chi connectivity index (χ1v) is 9.64. The smallest absolute Gasteiger partial charge is 0.261 e. The molecule has 1 atom stereocenters. The molecule has 1 unspecified atom stereocenters. The summed E-state index contributed by atoms with van der Waals surface area (Å²) < 4.78 is 39.8. The van der Waals surface area contributed by atoms with Crippen molar-refractivity contribution in [3.05, 3.63) is 59.9 Å². The van der Waals surface area contributed by atoms with Crippen molar-refractivity contribution in [3.8, 4) is 0 Å². The number of hydrogen-bond acceptors (Lipinski definition) is 4. The van der Waals surface area contributed by atoms with Gasteiger partial charge >= 0.3 is 0 Å². The minimum Gasteiger partial charge on any atom is -0.356 e. The molecule has 0 saturated heterocycles. The zero-order valence-electron chi connectivity index (χ0n) is 14.8. The number of nitrogens with one attached hydrogen (secondary N) is 2. The molecular formula is C18H23ClFN3O3S. The summed E-state index contributed by atoms with van der Waals surface area (Å²) >= 11 is 0. The maximum Gasteiger partial charge on any atom is 0.261 e. The molecule has 0 aliphatic rings. The molecule has 0 aliphatic carbocycles. The van der Waals surface area contributed by atoms with E-state index in [1.165, 1.54) is 12.1 Å². The molecule has 0 aromatic heterocycles. The van der Waals surface area contributed by atoms with Crippen LogP contribution in [-0.2, 0) is 21.2 Å². The van der Waals surface area contributed by atoms with E-state index in [1.54, 1.807) is 24.3 Å². The molecule has 9 heteroatoms. The van der Waals surface area contributed by atoms with Gasteiger partial charge in [0.2, 0.25) is 5.91 Å². The maximum absolute atomic E-state index is 12.9. The fourth-order valence-electron chi connectivity index (χ4n) is 2.21. The number of amides is 1. The molecule has 0 fully saturated rings. The summed E-state index contributed by atoms with van der Waals surface area (Å²) in [5, 5.41) is 2.78. The lowest BCUT2D eigenvalue weighted by molar-refractivity contribution is -0.120. The van der Waals surface area contributed by atoms with Crippen molar-refractivity contribution in [2.45, 2.75) is 30.7 Å². The van der Waals surface area contributed by atoms with Crippen molar-refractivity contribution in [2.75, 3.05) is 11.3 Å². The number of benzene rings is 2. The van der Waals surface area contributed by atoms with E-state index in [1.807, 2.05) is 6.92 Å². The normalized spacial score (nSPS) is 12.0. The summed E-state index contributed by atoms with van der Waals surface area (Å²) in [6.45, 7) is 2.39. The molecule has 0 saturated carbocycles. The number of nitrogens with two attached hydrogens (primary N) is 1. The number of hydrogen-bond donors (Lipinski definition) is 3. The number of rotatable bonds is 8. The summed E-state index contributed by atoms with van der Waals surface area (Å²) in [4.78, 5) is 11.8. The van der Waals surface area contributed by atoms with Gasteiger partial charge in [-0.1, -0.05) is 12.1 Å². The molecule has 0 bridgehead atoms. The molecule has 0 spiro atoms. The maximum atomic E-state index is 12.9. The lowest BCUT2D eigenvalue weighted by Gasteiger charge is -2.10. The Labute approximate surface area is 164 Å². The van der Waals surface area contributed by atoms with E-state index in [0.29, 0.717) is 18.7 Å². The number of carbonyl (C=O) groups is 1. The van der Waals surface area contributed by atoms with E-state index in [4.69, 9.17) is 5.73 Å². The predicted molar refractivity (Wildman–Crippen MR) is 106 cm³/mol. The third-order valence-electron chi connectivity index (χ3n) is 3.62. The van der Waals surface area contributed by atoms with Crippen molar-refractivity contribution in [2.24, 2.45) is 5.73 Å². The molecule has 2 rings (SSSR count). The summed E-state index contributed by atoms with van der Waals surface area (Å²) in [5.41, 5.74) is 6.74. The zero-order chi connectivity index (χ0) is 19.2. The van der Waals surface area contributed by atoms with Gasteiger partial charge in [-0.05, 0) is 55.3 Å². The third kappa shape index (κ3) is 7.54. The van der Waals surface area contributed by atoms with Crippen LogP contribution in [0.2, 0.25) is 0 Å². The summed E-state index contributed by atoms with van der Waals surface area (Å²) in [6.07, 6.45) is 0.903. The molecular weight excluding hydrogens is 393 g/mol. The molecule has 1 amide bonds. The number of carbonyl (C=O) groups excluding carboxylic acids is 1. The van der Waals surface area contributed by atoms with Gasteiger partial charge in [0.15, 0.2) is 0 Å². The summed E-state index contributed by atoms with van der Waals surface area (Å²) in [5.74, 6) is -0.627. The Morgan fingerprint density at radius 2 is 1.70 bits per heavy atom. The van der Waals surface area contributed by atoms with Crippen molar-refractivity contribution in [1.82, 2.24) is 5.32 Å². The second-order valence-corrected chi connectivity index (χ2v) is 7.73. The van der Waals surface area contributed by atoms with E-state index in [-0.39, 0.29) is 35.7 Å². The second-order valence-electron chi connectivity index (χ2n) is 6.05. The Kier molecular flexibility index (Phi) is 8.68. The monoisotopic (exact) mass is 415 g/mol. The van der Waals surface area contributed by atoms with E-state index in [0.717, 1.165) is 17.7 Å². The van der Waals surface area contributed by atoms with Crippen LogP contribution in [0.1, 0.15) is 18.9 Å². The fraction of sp³-hybridized carbons (Fsp3) is 0.278. The largest absolute Gasteiger partial charge is 0.356 e. The molecule has 6 nitrogen and oxygen atoms in total. The molecule has 0 radical (unpaired) electrons. The first-order chi connectivity index (χ1) is 12.3. The third-order valence-corrected chi connectivity index (χ3v) is 5.01. The molecule has 148 valence electrons. The number of sulfonamides is 1. The van der Waals surface area contributed by atoms with Crippen LogP contribution in [0.4, 0.5) is 10.1 Å². The average molecular weight is 416 g/mol. The van der Waals surface area contributed by atoms with Crippen LogP contribution < -0.4 is 15.8 Å². The summed E-state index contributed by atoms with van der Waals surface area (Å²) in [6, 6.07) is 11.1. The molecule has 4 N–H and O–H groups in total. The number of halogens is 2. The molecule has 2 aromatic rings. The molecule has 0 heterocycles. The van der Waals surface area contributed by atoms with Crippen LogP contribution in [0, 0.1) is 5.82 Å². The highest BCUT2D eigenvalue weighted by Gasteiger charge is 2.14. The lowest BCUT2D eigenvalue weighted by Crippen LogP contribution is -2.30. The van der Waals surface area contributed by atoms with Gasteiger partial charge in [0.05, 0.1) is 11.3 Å². The lowest BCUT2D eigenvalue weighted by atomic mass is 10.1. The zero-order valence-corrected chi connectivity index (χ0v) is 16.4. The number of anilines is 1. The van der Waals surface area contributed by atoms with Gasteiger partial charge in [-0.2, -0.15) is 0 Å². The highest BCUT2D eigenvalue weighted by molar-refractivity contribution is 7.92. The van der Waals surface area contributed by atoms with Gasteiger partial charge in [0.1, 0.15) is 5.82 Å². The molecule has 0 aliphatic heterocycles. The SMILES string of the molecule is CC(N)CCNC(=O)Cc1ccc(NS(=O)(=O)c2ccc(F)cc2)cc1.Cl. The standard InChI is InChI=1S/C18H22FN3O3S.ClH/c1-13(20)10-11-21-18(23)12-14-2-6-16(7-3-14)22-26(24,25)17-8-4-15(19)5-9-17;/h2-9,13,22H,10-12,20H2,1H3,(H,21,23);1H. The van der Waals surface area contributed by atoms with Crippen LogP contribution in [-0.4, -0.2) is 26.9 Å². The van der Waals surface area contributed by atoms with Crippen molar-refractivity contribution >= 4 is 34.0 Å². The second kappa shape index (κ2) is 10.2. The summed E-state index contributed by atoms with van der Waals surface area (Å²) in [7, 11) is -3.79. The average Bonchev–Trinajstić information content (AvgIpc) is 2.56. The Bertz CT molecular complexity index is 841. The van der Waals surface area contributed by atoms with E-state index >= 15 is 0 Å². The van der Waals surface area contributed by atoms with Crippen LogP contribution in [0.25, 0.3) is 0 Å². The molecule has 2 aromatic carbocycles. The van der Waals surface area contributed by atoms with Crippen molar-refractivity contribution in [3.63, 3.8) is 0 Å². The first-order valence-electron chi connectivity index (χ1n) is 8.16. The molecule has 27 heavy (non-hydrogen) atoms. The Morgan fingerprint density at radius 1 is 1.11 bits per heavy atom. The Balaban J connectivity index is 0.00000364. The highest BCUT2D eigenvalue weighted by Crippen LogP contribution is 2.17. The van der Waals surface area contributed by atoms with E-state index in [9.17, 15) is 17.6 Å². The van der Waals surface area contributed by atoms with Crippen LogP contribution >= 0.6 is 12.4 Å². The van der Waals surface area contributed by atoms with Crippen LogP contribution in [0.3, 0.4) is 0 Å². The fourth-order valence-corrected chi connectivity index (χ4v) is 3.26. The minimum atomic E-state index is -3.79. The first kappa shape index (κ1) is 22.9. The van der Waals surface area contributed by atoms with Gasteiger partial charge in [-0.25, -0.2) is 12.8 Å². The van der Waals surface area contributed by atoms with Gasteiger partial charge < -0.3 is 11.1 Å². The van der Waals surface area contributed by atoms with Gasteiger partial charge in [0.25, 0.3) is 10.0 Å².